The number of guanidine groups is 1. The molecule has 108 valence electrons. The molecule has 0 aromatic heterocycles. The van der Waals surface area contributed by atoms with Crippen molar-refractivity contribution in [3.63, 3.8) is 0 Å². The number of hydrogen-bond acceptors (Lipinski definition) is 4. The van der Waals surface area contributed by atoms with Crippen molar-refractivity contribution in [2.45, 2.75) is 37.8 Å². The predicted octanol–water partition coefficient (Wildman–Crippen LogP) is 2.80. The molecule has 0 radical (unpaired) electrons. The van der Waals surface area contributed by atoms with E-state index in [1.807, 2.05) is 24.3 Å². The zero-order valence-corrected chi connectivity index (χ0v) is 12.4. The zero-order chi connectivity index (χ0) is 14.2. The predicted molar refractivity (Wildman–Crippen MR) is 82.4 cm³/mol. The fourth-order valence-electron chi connectivity index (χ4n) is 3.22. The zero-order valence-electron chi connectivity index (χ0n) is 11.7. The summed E-state index contributed by atoms with van der Waals surface area (Å²) in [7, 11) is 0. The molecule has 1 spiro atoms. The summed E-state index contributed by atoms with van der Waals surface area (Å²) < 4.78 is 5.81. The van der Waals surface area contributed by atoms with Gasteiger partial charge in [0.25, 0.3) is 0 Å². The Morgan fingerprint density at radius 2 is 2.20 bits per heavy atom. The van der Waals surface area contributed by atoms with Gasteiger partial charge in [-0.3, -0.25) is 4.99 Å². The maximum absolute atomic E-state index is 6.14. The van der Waals surface area contributed by atoms with E-state index in [0.29, 0.717) is 12.1 Å². The molecule has 3 rings (SSSR count). The van der Waals surface area contributed by atoms with Crippen molar-refractivity contribution in [3.05, 3.63) is 29.3 Å². The third-order valence-electron chi connectivity index (χ3n) is 4.31. The maximum atomic E-state index is 6.14. The minimum absolute atomic E-state index is 0.0309. The maximum Gasteiger partial charge on any atom is 0.196 e. The number of nitrogens with two attached hydrogens (primary N) is 1. The summed E-state index contributed by atoms with van der Waals surface area (Å²) in [6.45, 7) is 3.68. The largest absolute Gasteiger partial charge is 0.378 e. The number of halogens is 1. The van der Waals surface area contributed by atoms with E-state index in [2.05, 4.69) is 16.8 Å². The van der Waals surface area contributed by atoms with Gasteiger partial charge >= 0.3 is 0 Å². The average molecular weight is 294 g/mol. The molecule has 0 aliphatic carbocycles. The first-order valence-corrected chi connectivity index (χ1v) is 7.50. The molecule has 2 aliphatic rings. The molecule has 4 nitrogen and oxygen atoms in total. The Hall–Kier alpha value is -1.26. The van der Waals surface area contributed by atoms with E-state index in [1.165, 1.54) is 0 Å². The topological polar surface area (TPSA) is 50.9 Å². The first-order valence-electron chi connectivity index (χ1n) is 7.12. The summed E-state index contributed by atoms with van der Waals surface area (Å²) in [5.74, 6) is 0.601. The van der Waals surface area contributed by atoms with Crippen molar-refractivity contribution in [2.75, 3.05) is 18.1 Å². The molecule has 2 unspecified atom stereocenters. The molecular weight excluding hydrogens is 274 g/mol. The van der Waals surface area contributed by atoms with E-state index in [-0.39, 0.29) is 5.54 Å². The van der Waals surface area contributed by atoms with E-state index in [1.54, 1.807) is 0 Å². The van der Waals surface area contributed by atoms with Crippen LogP contribution >= 0.6 is 11.6 Å². The Morgan fingerprint density at radius 3 is 2.90 bits per heavy atom. The fraction of sp³-hybridized carbons (Fsp3) is 0.533. The SMILES string of the molecule is CCC1CC2(CCO1)CN=C(N)N2c1ccc(Cl)cc1. The third kappa shape index (κ3) is 2.27. The van der Waals surface area contributed by atoms with Crippen LogP contribution in [0.15, 0.2) is 29.3 Å². The van der Waals surface area contributed by atoms with Gasteiger partial charge in [0, 0.05) is 17.3 Å². The fourth-order valence-corrected chi connectivity index (χ4v) is 3.34. The average Bonchev–Trinajstić information content (AvgIpc) is 2.77. The lowest BCUT2D eigenvalue weighted by Crippen LogP contribution is -2.56. The second kappa shape index (κ2) is 5.26. The number of rotatable bonds is 2. The molecule has 1 fully saturated rings. The Morgan fingerprint density at radius 1 is 1.45 bits per heavy atom. The van der Waals surface area contributed by atoms with Crippen LogP contribution in [-0.2, 0) is 4.74 Å². The second-order valence-corrected chi connectivity index (χ2v) is 6.00. The third-order valence-corrected chi connectivity index (χ3v) is 4.56. The van der Waals surface area contributed by atoms with Crippen LogP contribution in [0.1, 0.15) is 26.2 Å². The van der Waals surface area contributed by atoms with E-state index < -0.39 is 0 Å². The van der Waals surface area contributed by atoms with Gasteiger partial charge in [0.2, 0.25) is 0 Å². The Balaban J connectivity index is 1.93. The van der Waals surface area contributed by atoms with Crippen molar-refractivity contribution in [1.29, 1.82) is 0 Å². The highest BCUT2D eigenvalue weighted by molar-refractivity contribution is 6.30. The van der Waals surface area contributed by atoms with E-state index in [0.717, 1.165) is 43.1 Å². The van der Waals surface area contributed by atoms with Crippen molar-refractivity contribution >= 4 is 23.2 Å². The van der Waals surface area contributed by atoms with Gasteiger partial charge in [-0.15, -0.1) is 0 Å². The minimum atomic E-state index is -0.0309. The van der Waals surface area contributed by atoms with Crippen molar-refractivity contribution in [2.24, 2.45) is 10.7 Å². The number of benzene rings is 1. The molecule has 2 atom stereocenters. The van der Waals surface area contributed by atoms with Crippen molar-refractivity contribution in [3.8, 4) is 0 Å². The summed E-state index contributed by atoms with van der Waals surface area (Å²) in [4.78, 5) is 6.67. The number of hydrogen-bond donors (Lipinski definition) is 1. The highest BCUT2D eigenvalue weighted by atomic mass is 35.5. The molecule has 1 saturated heterocycles. The molecule has 2 aliphatic heterocycles. The van der Waals surface area contributed by atoms with Crippen LogP contribution < -0.4 is 10.6 Å². The van der Waals surface area contributed by atoms with Crippen LogP contribution in [0, 0.1) is 0 Å². The Kier molecular flexibility index (Phi) is 3.61. The summed E-state index contributed by atoms with van der Waals surface area (Å²) in [6, 6.07) is 7.81. The first kappa shape index (κ1) is 13.7. The number of anilines is 1. The molecule has 0 amide bonds. The highest BCUT2D eigenvalue weighted by Crippen LogP contribution is 2.38. The van der Waals surface area contributed by atoms with Crippen LogP contribution in [0.5, 0.6) is 0 Å². The lowest BCUT2D eigenvalue weighted by molar-refractivity contribution is -0.0151. The molecule has 2 N–H and O–H groups in total. The monoisotopic (exact) mass is 293 g/mol. The summed E-state index contributed by atoms with van der Waals surface area (Å²) in [5.41, 5.74) is 7.17. The van der Waals surface area contributed by atoms with Gasteiger partial charge < -0.3 is 15.4 Å². The van der Waals surface area contributed by atoms with Crippen molar-refractivity contribution < 1.29 is 4.74 Å². The Bertz CT molecular complexity index is 516. The van der Waals surface area contributed by atoms with Gasteiger partial charge in [-0.25, -0.2) is 0 Å². The highest BCUT2D eigenvalue weighted by Gasteiger charge is 2.46. The van der Waals surface area contributed by atoms with Gasteiger partial charge in [0.15, 0.2) is 5.96 Å². The van der Waals surface area contributed by atoms with Gasteiger partial charge in [-0.05, 0) is 43.5 Å². The van der Waals surface area contributed by atoms with Gasteiger partial charge in [0.1, 0.15) is 0 Å². The first-order chi connectivity index (χ1) is 9.64. The smallest absolute Gasteiger partial charge is 0.196 e. The van der Waals surface area contributed by atoms with E-state index in [4.69, 9.17) is 22.1 Å². The molecule has 1 aromatic rings. The van der Waals surface area contributed by atoms with E-state index >= 15 is 0 Å². The molecule has 20 heavy (non-hydrogen) atoms. The number of ether oxygens (including phenoxy) is 1. The lowest BCUT2D eigenvalue weighted by atomic mass is 9.84. The van der Waals surface area contributed by atoms with E-state index in [9.17, 15) is 0 Å². The van der Waals surface area contributed by atoms with Gasteiger partial charge in [-0.1, -0.05) is 18.5 Å². The second-order valence-electron chi connectivity index (χ2n) is 5.57. The molecule has 2 heterocycles. The Labute approximate surface area is 124 Å². The van der Waals surface area contributed by atoms with Gasteiger partial charge in [-0.2, -0.15) is 0 Å². The standard InChI is InChI=1S/C15H20ClN3O/c1-2-13-9-15(7-8-20-13)10-18-14(17)19(15)12-5-3-11(16)4-6-12/h3-6,13H,2,7-10H2,1H3,(H2,17,18). The normalized spacial score (nSPS) is 29.8. The van der Waals surface area contributed by atoms with Crippen LogP contribution in [0.3, 0.4) is 0 Å². The summed E-state index contributed by atoms with van der Waals surface area (Å²) in [5, 5.41) is 0.732. The molecule has 0 saturated carbocycles. The van der Waals surface area contributed by atoms with Gasteiger partial charge in [0.05, 0.1) is 18.2 Å². The van der Waals surface area contributed by atoms with Crippen LogP contribution in [-0.4, -0.2) is 30.8 Å². The van der Waals surface area contributed by atoms with Crippen LogP contribution in [0.2, 0.25) is 5.02 Å². The molecule has 0 bridgehead atoms. The lowest BCUT2D eigenvalue weighted by Gasteiger charge is -2.44. The molecule has 1 aromatic carbocycles. The number of nitrogens with zero attached hydrogens (tertiary/aromatic N) is 2. The van der Waals surface area contributed by atoms with Crippen LogP contribution in [0.4, 0.5) is 5.69 Å². The number of aliphatic imine (C=N–C) groups is 1. The summed E-state index contributed by atoms with van der Waals surface area (Å²) in [6.07, 6.45) is 3.24. The molecular formula is C15H20ClN3O. The quantitative estimate of drug-likeness (QED) is 0.912. The van der Waals surface area contributed by atoms with Crippen LogP contribution in [0.25, 0.3) is 0 Å². The summed E-state index contributed by atoms with van der Waals surface area (Å²) >= 11 is 5.98. The molecule has 5 heteroatoms. The van der Waals surface area contributed by atoms with Crippen molar-refractivity contribution in [1.82, 2.24) is 0 Å². The minimum Gasteiger partial charge on any atom is -0.378 e.